The number of pyridine rings is 2. The molecule has 0 aliphatic heterocycles. The van der Waals surface area contributed by atoms with Gasteiger partial charge in [-0.05, 0) is 13.0 Å². The summed E-state index contributed by atoms with van der Waals surface area (Å²) in [5.74, 6) is 0.214. The van der Waals surface area contributed by atoms with Crippen molar-refractivity contribution in [1.29, 1.82) is 0 Å². The molecule has 0 atom stereocenters. The van der Waals surface area contributed by atoms with Crippen LogP contribution in [0.1, 0.15) is 5.56 Å². The lowest BCUT2D eigenvalue weighted by molar-refractivity contribution is 0.469. The second-order valence-corrected chi connectivity index (χ2v) is 3.07. The normalized spacial score (nSPS) is 10.1. The summed E-state index contributed by atoms with van der Waals surface area (Å²) >= 11 is 0. The fraction of sp³-hybridized carbons (Fsp3) is 0.0909. The van der Waals surface area contributed by atoms with Crippen LogP contribution in [0.2, 0.25) is 0 Å². The predicted octanol–water partition coefficient (Wildman–Crippen LogP) is 2.16. The van der Waals surface area contributed by atoms with E-state index in [1.165, 1.54) is 6.20 Å². The first-order chi connectivity index (χ1) is 6.79. The van der Waals surface area contributed by atoms with Gasteiger partial charge in [0, 0.05) is 35.3 Å². The van der Waals surface area contributed by atoms with Crippen molar-refractivity contribution in [2.24, 2.45) is 0 Å². The molecule has 0 aromatic carbocycles. The smallest absolute Gasteiger partial charge is 0.137 e. The molecule has 0 aliphatic rings. The molecule has 70 valence electrons. The maximum atomic E-state index is 9.48. The van der Waals surface area contributed by atoms with Crippen LogP contribution in [0.15, 0.2) is 36.9 Å². The zero-order chi connectivity index (χ0) is 9.97. The zero-order valence-electron chi connectivity index (χ0n) is 7.81. The predicted molar refractivity (Wildman–Crippen MR) is 53.9 cm³/mol. The summed E-state index contributed by atoms with van der Waals surface area (Å²) in [5.41, 5.74) is 2.71. The summed E-state index contributed by atoms with van der Waals surface area (Å²) in [5, 5.41) is 9.48. The van der Waals surface area contributed by atoms with Crippen molar-refractivity contribution in [2.75, 3.05) is 0 Å². The van der Waals surface area contributed by atoms with Crippen molar-refractivity contribution in [3.05, 3.63) is 42.5 Å². The van der Waals surface area contributed by atoms with Crippen molar-refractivity contribution in [2.45, 2.75) is 6.92 Å². The number of aromatic hydroxyl groups is 1. The zero-order valence-corrected chi connectivity index (χ0v) is 7.81. The third kappa shape index (κ3) is 1.44. The van der Waals surface area contributed by atoms with Crippen molar-refractivity contribution in [3.8, 4) is 16.9 Å². The minimum atomic E-state index is 0.214. The van der Waals surface area contributed by atoms with E-state index in [9.17, 15) is 5.11 Å². The summed E-state index contributed by atoms with van der Waals surface area (Å²) in [6.07, 6.45) is 6.64. The number of hydrogen-bond acceptors (Lipinski definition) is 3. The monoisotopic (exact) mass is 186 g/mol. The molecule has 0 radical (unpaired) electrons. The maximum absolute atomic E-state index is 9.48. The van der Waals surface area contributed by atoms with E-state index in [0.717, 1.165) is 16.7 Å². The van der Waals surface area contributed by atoms with Gasteiger partial charge in [0.15, 0.2) is 0 Å². The Morgan fingerprint density at radius 2 is 2.00 bits per heavy atom. The largest absolute Gasteiger partial charge is 0.506 e. The van der Waals surface area contributed by atoms with Gasteiger partial charge in [0.2, 0.25) is 0 Å². The molecule has 0 unspecified atom stereocenters. The first-order valence-electron chi connectivity index (χ1n) is 4.33. The molecule has 14 heavy (non-hydrogen) atoms. The molecule has 0 saturated heterocycles. The quantitative estimate of drug-likeness (QED) is 0.742. The average molecular weight is 186 g/mol. The van der Waals surface area contributed by atoms with Gasteiger partial charge in [-0.3, -0.25) is 9.97 Å². The van der Waals surface area contributed by atoms with Gasteiger partial charge in [-0.15, -0.1) is 0 Å². The molecule has 2 rings (SSSR count). The van der Waals surface area contributed by atoms with Crippen LogP contribution in [-0.4, -0.2) is 15.1 Å². The van der Waals surface area contributed by atoms with Gasteiger partial charge in [-0.2, -0.15) is 0 Å². The number of nitrogens with zero attached hydrogens (tertiary/aromatic N) is 2. The molecule has 2 aromatic heterocycles. The molecule has 2 heterocycles. The highest BCUT2D eigenvalue weighted by Gasteiger charge is 2.05. The van der Waals surface area contributed by atoms with Gasteiger partial charge < -0.3 is 5.11 Å². The molecular weight excluding hydrogens is 176 g/mol. The van der Waals surface area contributed by atoms with Crippen LogP contribution in [-0.2, 0) is 0 Å². The van der Waals surface area contributed by atoms with E-state index in [1.54, 1.807) is 18.6 Å². The van der Waals surface area contributed by atoms with E-state index >= 15 is 0 Å². The highest BCUT2D eigenvalue weighted by molar-refractivity contribution is 5.67. The lowest BCUT2D eigenvalue weighted by Gasteiger charge is -2.05. The number of rotatable bonds is 1. The van der Waals surface area contributed by atoms with Crippen molar-refractivity contribution < 1.29 is 5.11 Å². The molecule has 0 bridgehead atoms. The molecule has 0 fully saturated rings. The van der Waals surface area contributed by atoms with Crippen LogP contribution in [0.5, 0.6) is 5.75 Å². The Labute approximate surface area is 82.1 Å². The van der Waals surface area contributed by atoms with E-state index in [-0.39, 0.29) is 5.75 Å². The Balaban J connectivity index is 2.58. The second-order valence-electron chi connectivity index (χ2n) is 3.07. The van der Waals surface area contributed by atoms with Gasteiger partial charge in [0.25, 0.3) is 0 Å². The van der Waals surface area contributed by atoms with Crippen LogP contribution in [0.25, 0.3) is 11.1 Å². The Kier molecular flexibility index (Phi) is 2.14. The van der Waals surface area contributed by atoms with Crippen molar-refractivity contribution >= 4 is 0 Å². The van der Waals surface area contributed by atoms with E-state index in [4.69, 9.17) is 0 Å². The lowest BCUT2D eigenvalue weighted by Crippen LogP contribution is -1.86. The topological polar surface area (TPSA) is 46.0 Å². The van der Waals surface area contributed by atoms with Gasteiger partial charge in [0.1, 0.15) is 5.75 Å². The van der Waals surface area contributed by atoms with Crippen LogP contribution < -0.4 is 0 Å². The van der Waals surface area contributed by atoms with Crippen molar-refractivity contribution in [3.63, 3.8) is 0 Å². The third-order valence-corrected chi connectivity index (χ3v) is 2.16. The molecule has 1 N–H and O–H groups in total. The molecule has 3 nitrogen and oxygen atoms in total. The molecule has 0 amide bonds. The lowest BCUT2D eigenvalue weighted by atomic mass is 10.0. The van der Waals surface area contributed by atoms with E-state index < -0.39 is 0 Å². The van der Waals surface area contributed by atoms with Crippen LogP contribution in [0, 0.1) is 6.92 Å². The first-order valence-corrected chi connectivity index (χ1v) is 4.33. The summed E-state index contributed by atoms with van der Waals surface area (Å²) in [4.78, 5) is 7.97. The van der Waals surface area contributed by atoms with Gasteiger partial charge in [-0.1, -0.05) is 6.07 Å². The highest BCUT2D eigenvalue weighted by atomic mass is 16.3. The van der Waals surface area contributed by atoms with E-state index in [0.29, 0.717) is 0 Å². The third-order valence-electron chi connectivity index (χ3n) is 2.16. The molecule has 0 spiro atoms. The molecule has 0 aliphatic carbocycles. The molecule has 3 heteroatoms. The first kappa shape index (κ1) is 8.69. The number of aromatic nitrogens is 2. The van der Waals surface area contributed by atoms with Gasteiger partial charge in [0.05, 0.1) is 6.20 Å². The fourth-order valence-corrected chi connectivity index (χ4v) is 1.33. The SMILES string of the molecule is Cc1c(O)cncc1-c1cccnc1. The summed E-state index contributed by atoms with van der Waals surface area (Å²) in [6.45, 7) is 1.86. The summed E-state index contributed by atoms with van der Waals surface area (Å²) in [7, 11) is 0. The molecular formula is C11H10N2O. The van der Waals surface area contributed by atoms with E-state index in [2.05, 4.69) is 9.97 Å². The van der Waals surface area contributed by atoms with Crippen LogP contribution in [0.3, 0.4) is 0 Å². The Hall–Kier alpha value is -1.90. The van der Waals surface area contributed by atoms with Gasteiger partial charge in [-0.25, -0.2) is 0 Å². The second kappa shape index (κ2) is 3.46. The van der Waals surface area contributed by atoms with E-state index in [1.807, 2.05) is 19.1 Å². The fourth-order valence-electron chi connectivity index (χ4n) is 1.33. The van der Waals surface area contributed by atoms with Crippen LogP contribution in [0.4, 0.5) is 0 Å². The Morgan fingerprint density at radius 1 is 1.14 bits per heavy atom. The summed E-state index contributed by atoms with van der Waals surface area (Å²) < 4.78 is 0. The number of hydrogen-bond donors (Lipinski definition) is 1. The van der Waals surface area contributed by atoms with Gasteiger partial charge >= 0.3 is 0 Å². The standard InChI is InChI=1S/C11H10N2O/c1-8-10(6-13-7-11(8)14)9-3-2-4-12-5-9/h2-7,14H,1H3. The van der Waals surface area contributed by atoms with Crippen LogP contribution >= 0.6 is 0 Å². The van der Waals surface area contributed by atoms with Crippen molar-refractivity contribution in [1.82, 2.24) is 9.97 Å². The molecule has 2 aromatic rings. The minimum absolute atomic E-state index is 0.214. The Morgan fingerprint density at radius 3 is 2.71 bits per heavy atom. The maximum Gasteiger partial charge on any atom is 0.137 e. The Bertz CT molecular complexity index is 440. The minimum Gasteiger partial charge on any atom is -0.506 e. The highest BCUT2D eigenvalue weighted by Crippen LogP contribution is 2.26. The molecule has 0 saturated carbocycles. The average Bonchev–Trinajstić information content (AvgIpc) is 2.23. The summed E-state index contributed by atoms with van der Waals surface area (Å²) in [6, 6.07) is 3.80.